The largest absolute Gasteiger partial charge is 0.481 e. The van der Waals surface area contributed by atoms with E-state index in [1.807, 2.05) is 48.2 Å². The Morgan fingerprint density at radius 3 is 2.36 bits per heavy atom. The number of para-hydroxylation sites is 1. The number of aromatic nitrogens is 2. The highest BCUT2D eigenvalue weighted by Gasteiger charge is 2.58. The number of nitrogens with one attached hydrogen (secondary N) is 4. The normalized spacial score (nSPS) is 21.3. The molecule has 3 aromatic carbocycles. The summed E-state index contributed by atoms with van der Waals surface area (Å²) < 4.78 is 13.3. The Morgan fingerprint density at radius 2 is 1.65 bits per heavy atom. The molecule has 3 heterocycles. The van der Waals surface area contributed by atoms with Gasteiger partial charge in [-0.3, -0.25) is 29.5 Å². The van der Waals surface area contributed by atoms with Crippen molar-refractivity contribution in [1.29, 1.82) is 0 Å². The number of allylic oxidation sites excluding steroid dienone is 1. The van der Waals surface area contributed by atoms with Crippen LogP contribution in [-0.4, -0.2) is 125 Å². The third-order valence-electron chi connectivity index (χ3n) is 15.6. The van der Waals surface area contributed by atoms with E-state index in [0.29, 0.717) is 77.1 Å². The molecule has 8 N–H and O–H groups in total. The van der Waals surface area contributed by atoms with Crippen LogP contribution in [0.3, 0.4) is 0 Å². The molecule has 0 spiro atoms. The highest BCUT2D eigenvalue weighted by atomic mass is 32.1. The Kier molecular flexibility index (Phi) is 18.0. The summed E-state index contributed by atoms with van der Waals surface area (Å²) in [5, 5.41) is 31.9. The summed E-state index contributed by atoms with van der Waals surface area (Å²) in [6, 6.07) is 21.7. The molecule has 81 heavy (non-hydrogen) atoms. The number of carbonyl (C=O) groups is 6. The number of anilines is 3. The molecule has 2 saturated carbocycles. The third kappa shape index (κ3) is 14.4. The van der Waals surface area contributed by atoms with Crippen molar-refractivity contribution in [2.75, 3.05) is 55.9 Å². The molecule has 4 amide bonds. The zero-order valence-corrected chi connectivity index (χ0v) is 48.1. The summed E-state index contributed by atoms with van der Waals surface area (Å²) in [5.74, 6) is -3.17. The first-order chi connectivity index (χ1) is 38.4. The second-order valence-corrected chi connectivity index (χ2v) is 24.5. The number of aliphatic carboxylic acids is 1. The van der Waals surface area contributed by atoms with Crippen molar-refractivity contribution in [1.82, 2.24) is 25.5 Å². The lowest BCUT2D eigenvalue weighted by Crippen LogP contribution is -2.57. The first-order valence-corrected chi connectivity index (χ1v) is 28.0. The predicted octanol–water partition coefficient (Wildman–Crippen LogP) is 8.51. The fraction of sp³-hybridized carbons (Fsp3) is 0.450. The van der Waals surface area contributed by atoms with Crippen LogP contribution in [0.25, 0.3) is 15.8 Å². The maximum Gasteiger partial charge on any atom is 0.408 e. The number of likely N-dealkylation sites (N-methyl/N-ethyl adjacent to an activating group) is 2. The highest BCUT2D eigenvalue weighted by molar-refractivity contribution is 7.22. The van der Waals surface area contributed by atoms with Gasteiger partial charge in [0.15, 0.2) is 10.8 Å². The van der Waals surface area contributed by atoms with Crippen molar-refractivity contribution < 1.29 is 48.5 Å². The fourth-order valence-corrected chi connectivity index (χ4v) is 13.7. The Balaban J connectivity index is 0.905. The molecular weight excluding hydrogens is 1050 g/mol. The van der Waals surface area contributed by atoms with Crippen molar-refractivity contribution in [3.63, 3.8) is 0 Å². The molecule has 5 unspecified atom stereocenters. The van der Waals surface area contributed by atoms with Crippen LogP contribution in [0.4, 0.5) is 21.4 Å². The molecule has 3 aliphatic rings. The van der Waals surface area contributed by atoms with E-state index in [2.05, 4.69) is 53.9 Å². The SMILES string of the molecule is CNC(C)C(=O)Nc1ccc(COC(=O)NC(CC(=O)O)C(=O)N(C)CCOC23CC(C)(C)CC(C)(CC(C)(CN=C(C)C(=CN)c4ccc(N5CCc6cccc(C(=O)Nc7nc8ccccc8s7)c6C5)nc4C(=O)O)C2)C3)cc1. The van der Waals surface area contributed by atoms with Crippen LogP contribution in [0.1, 0.15) is 123 Å². The molecule has 2 fully saturated rings. The lowest BCUT2D eigenvalue weighted by molar-refractivity contribution is -0.190. The minimum Gasteiger partial charge on any atom is -0.481 e. The van der Waals surface area contributed by atoms with E-state index in [1.165, 1.54) is 22.4 Å². The lowest BCUT2D eigenvalue weighted by atomic mass is 9.48. The summed E-state index contributed by atoms with van der Waals surface area (Å²) in [6.45, 7) is 13.9. The van der Waals surface area contributed by atoms with E-state index in [-0.39, 0.29) is 53.5 Å². The zero-order valence-electron chi connectivity index (χ0n) is 47.3. The van der Waals surface area contributed by atoms with Crippen molar-refractivity contribution >= 4 is 85.2 Å². The van der Waals surface area contributed by atoms with Crippen LogP contribution in [0.2, 0.25) is 0 Å². The molecule has 0 saturated heterocycles. The number of carboxylic acid groups (broad SMARTS) is 2. The number of thiazole rings is 1. The smallest absolute Gasteiger partial charge is 0.408 e. The molecule has 2 aromatic heterocycles. The van der Waals surface area contributed by atoms with E-state index in [1.54, 1.807) is 63.5 Å². The maximum atomic E-state index is 13.8. The number of nitrogens with zero attached hydrogens (tertiary/aromatic N) is 5. The van der Waals surface area contributed by atoms with Crippen LogP contribution in [0.15, 0.2) is 90.1 Å². The number of ether oxygens (including phenoxy) is 2. The second kappa shape index (κ2) is 24.5. The molecule has 5 aromatic rings. The van der Waals surface area contributed by atoms with E-state index in [0.717, 1.165) is 47.0 Å². The Bertz CT molecular complexity index is 3230. The first-order valence-electron chi connectivity index (χ1n) is 27.2. The molecule has 21 heteroatoms. The van der Waals surface area contributed by atoms with E-state index < -0.39 is 48.0 Å². The molecule has 2 aliphatic carbocycles. The monoisotopic (exact) mass is 1130 g/mol. The fourth-order valence-electron chi connectivity index (χ4n) is 12.8. The van der Waals surface area contributed by atoms with Gasteiger partial charge < -0.3 is 51.2 Å². The standard InChI is InChI=1S/C60H74N10O10S/c1-36(43(27-61)41-20-21-48(67-50(41)54(76)77)70-23-22-39-12-11-13-42(44(39)28-70)52(74)68-55-65-45-14-9-10-15-47(45)81-55)63-35-59(6)32-58(5)30-57(3,4)31-60(33-58,34-59)80-25-24-69(8)53(75)46(26-49(71)72)66-56(78)79-29-38-16-18-40(19-17-38)64-51(73)37(2)62-7/h9-21,27,37,46,62H,22-26,28-35,61H2,1-8H3,(H,64,73)(H,66,78)(H,71,72)(H,76,77)(H,65,68,74). The molecule has 5 atom stereocenters. The summed E-state index contributed by atoms with van der Waals surface area (Å²) in [7, 11) is 3.22. The molecule has 2 bridgehead atoms. The van der Waals surface area contributed by atoms with Gasteiger partial charge >= 0.3 is 18.0 Å². The van der Waals surface area contributed by atoms with Gasteiger partial charge in [0, 0.05) is 67.5 Å². The zero-order chi connectivity index (χ0) is 58.4. The van der Waals surface area contributed by atoms with Gasteiger partial charge in [-0.2, -0.15) is 0 Å². The average molecular weight is 1130 g/mol. The number of rotatable bonds is 21. The van der Waals surface area contributed by atoms with Gasteiger partial charge in [-0.1, -0.05) is 75.4 Å². The second-order valence-electron chi connectivity index (χ2n) is 23.4. The van der Waals surface area contributed by atoms with Gasteiger partial charge in [0.2, 0.25) is 11.8 Å². The van der Waals surface area contributed by atoms with Crippen LogP contribution < -0.4 is 31.9 Å². The molecular formula is C60H74N10O10S. The molecule has 20 nitrogen and oxygen atoms in total. The number of benzene rings is 3. The molecule has 8 rings (SSSR count). The van der Waals surface area contributed by atoms with Gasteiger partial charge in [0.25, 0.3) is 5.91 Å². The topological polar surface area (TPSA) is 280 Å². The van der Waals surface area contributed by atoms with E-state index >= 15 is 0 Å². The Hall–Kier alpha value is -7.75. The van der Waals surface area contributed by atoms with Gasteiger partial charge in [-0.05, 0) is 135 Å². The van der Waals surface area contributed by atoms with Crippen LogP contribution >= 0.6 is 11.3 Å². The lowest BCUT2D eigenvalue weighted by Gasteiger charge is -2.61. The number of aliphatic imine (C=N–C) groups is 1. The molecule has 430 valence electrons. The van der Waals surface area contributed by atoms with Crippen LogP contribution in [0.5, 0.6) is 0 Å². The number of amides is 4. The van der Waals surface area contributed by atoms with Crippen molar-refractivity contribution in [3.05, 3.63) is 119 Å². The quantitative estimate of drug-likeness (QED) is 0.0339. The van der Waals surface area contributed by atoms with Gasteiger partial charge in [-0.25, -0.2) is 19.6 Å². The highest BCUT2D eigenvalue weighted by Crippen LogP contribution is 2.63. The predicted molar refractivity (Wildman–Crippen MR) is 312 cm³/mol. The van der Waals surface area contributed by atoms with Gasteiger partial charge in [-0.15, -0.1) is 0 Å². The van der Waals surface area contributed by atoms with Crippen molar-refractivity contribution in [2.24, 2.45) is 27.0 Å². The van der Waals surface area contributed by atoms with E-state index in [9.17, 15) is 39.0 Å². The Morgan fingerprint density at radius 1 is 0.901 bits per heavy atom. The first kappa shape index (κ1) is 59.4. The average Bonchev–Trinajstić information content (AvgIpc) is 3.86. The number of pyridine rings is 1. The summed E-state index contributed by atoms with van der Waals surface area (Å²) in [5.41, 5.74) is 10.6. The Labute approximate surface area is 476 Å². The van der Waals surface area contributed by atoms with Gasteiger partial charge in [0.05, 0.1) is 34.9 Å². The van der Waals surface area contributed by atoms with Gasteiger partial charge in [0.1, 0.15) is 18.5 Å². The number of aromatic carboxylic acids is 1. The van der Waals surface area contributed by atoms with Crippen LogP contribution in [-0.2, 0) is 43.4 Å². The summed E-state index contributed by atoms with van der Waals surface area (Å²) in [6.07, 6.45) is 4.36. The number of fused-ring (bicyclic) bond motifs is 4. The number of carbonyl (C=O) groups excluding carboxylic acids is 4. The number of nitrogens with two attached hydrogens (primary N) is 1. The molecule has 1 aliphatic heterocycles. The summed E-state index contributed by atoms with van der Waals surface area (Å²) in [4.78, 5) is 95.4. The number of alkyl carbamates (subject to hydrolysis) is 1. The number of hydrogen-bond acceptors (Lipinski definition) is 15. The number of hydrogen-bond donors (Lipinski definition) is 7. The van der Waals surface area contributed by atoms with Crippen LogP contribution in [0, 0.1) is 16.2 Å². The minimum absolute atomic E-state index is 0.0662. The summed E-state index contributed by atoms with van der Waals surface area (Å²) >= 11 is 1.40. The van der Waals surface area contributed by atoms with Crippen molar-refractivity contribution in [3.8, 4) is 0 Å². The third-order valence-corrected chi connectivity index (χ3v) is 16.6. The maximum absolute atomic E-state index is 13.8. The number of carboxylic acids is 2. The molecule has 0 radical (unpaired) electrons. The van der Waals surface area contributed by atoms with Crippen molar-refractivity contribution in [2.45, 2.75) is 117 Å². The minimum atomic E-state index is -1.41. The van der Waals surface area contributed by atoms with E-state index in [4.69, 9.17) is 25.2 Å².